The normalized spacial score (nSPS) is 12.2. The van der Waals surface area contributed by atoms with Crippen LogP contribution in [0, 0.1) is 0 Å². The van der Waals surface area contributed by atoms with Crippen LogP contribution in [0.5, 0.6) is 5.75 Å². The van der Waals surface area contributed by atoms with Crippen molar-refractivity contribution in [2.24, 2.45) is 0 Å². The van der Waals surface area contributed by atoms with Crippen molar-refractivity contribution in [1.29, 1.82) is 0 Å². The van der Waals surface area contributed by atoms with E-state index < -0.39 is 40.3 Å². The molecule has 1 aromatic rings. The molecule has 0 fully saturated rings. The van der Waals surface area contributed by atoms with Gasteiger partial charge in [0.05, 0.1) is 19.8 Å². The summed E-state index contributed by atoms with van der Waals surface area (Å²) in [5, 5.41) is 3.29. The first-order valence-corrected chi connectivity index (χ1v) is 5.82. The summed E-state index contributed by atoms with van der Waals surface area (Å²) in [7, 11) is 1.90. The molecule has 0 bridgehead atoms. The highest BCUT2D eigenvalue weighted by atomic mass is 19.4. The van der Waals surface area contributed by atoms with Crippen LogP contribution < -0.4 is 10.3 Å². The van der Waals surface area contributed by atoms with E-state index in [9.17, 15) is 22.8 Å². The van der Waals surface area contributed by atoms with Gasteiger partial charge in [0, 0.05) is 0 Å². The predicted molar refractivity (Wildman–Crippen MR) is 66.4 cm³/mol. The second-order valence-corrected chi connectivity index (χ2v) is 5.13. The number of hydrogen-bond donors (Lipinski definition) is 0. The highest BCUT2D eigenvalue weighted by molar-refractivity contribution is 5.93. The number of esters is 1. The third kappa shape index (κ3) is 3.17. The molecule has 21 heavy (non-hydrogen) atoms. The first kappa shape index (κ1) is 17.0. The summed E-state index contributed by atoms with van der Waals surface area (Å²) in [5.41, 5.74) is -4.53. The molecule has 6 nitrogen and oxygen atoms in total. The van der Waals surface area contributed by atoms with Gasteiger partial charge in [0.15, 0.2) is 5.69 Å². The Labute approximate surface area is 118 Å². The lowest BCUT2D eigenvalue weighted by atomic mass is 10.1. The van der Waals surface area contributed by atoms with E-state index in [-0.39, 0.29) is 0 Å². The van der Waals surface area contributed by atoms with Crippen LogP contribution in [-0.4, -0.2) is 30.0 Å². The van der Waals surface area contributed by atoms with Gasteiger partial charge >= 0.3 is 17.7 Å². The molecule has 0 aliphatic rings. The fourth-order valence-electron chi connectivity index (χ4n) is 1.64. The van der Waals surface area contributed by atoms with Gasteiger partial charge in [-0.1, -0.05) is 0 Å². The molecule has 0 spiro atoms. The van der Waals surface area contributed by atoms with E-state index in [0.29, 0.717) is 4.68 Å². The van der Waals surface area contributed by atoms with E-state index in [0.717, 1.165) is 14.2 Å². The summed E-state index contributed by atoms with van der Waals surface area (Å²) < 4.78 is 49.0. The maximum atomic E-state index is 13.1. The van der Waals surface area contributed by atoms with Gasteiger partial charge in [-0.05, 0) is 20.8 Å². The molecule has 0 aliphatic heterocycles. The Morgan fingerprint density at radius 1 is 1.19 bits per heavy atom. The van der Waals surface area contributed by atoms with Gasteiger partial charge in [-0.25, -0.2) is 9.48 Å². The molecule has 0 aliphatic carbocycles. The summed E-state index contributed by atoms with van der Waals surface area (Å²) in [6, 6.07) is 0. The Morgan fingerprint density at radius 3 is 2.05 bits per heavy atom. The van der Waals surface area contributed by atoms with Crippen LogP contribution in [0.25, 0.3) is 0 Å². The van der Waals surface area contributed by atoms with Crippen molar-refractivity contribution in [2.45, 2.75) is 32.5 Å². The molecular formula is C12H15F3N2O4. The van der Waals surface area contributed by atoms with Crippen molar-refractivity contribution in [2.75, 3.05) is 14.2 Å². The molecule has 9 heteroatoms. The Balaban J connectivity index is 3.92. The largest absolute Gasteiger partial charge is 0.490 e. The number of carbonyl (C=O) groups excluding carboxylic acids is 1. The lowest BCUT2D eigenvalue weighted by molar-refractivity contribution is -0.143. The van der Waals surface area contributed by atoms with E-state index in [4.69, 9.17) is 4.74 Å². The Bertz CT molecular complexity index is 615. The minimum Gasteiger partial charge on any atom is -0.490 e. The number of carbonyl (C=O) groups is 1. The van der Waals surface area contributed by atoms with Gasteiger partial charge in [0.2, 0.25) is 5.75 Å². The van der Waals surface area contributed by atoms with E-state index in [1.54, 1.807) is 0 Å². The zero-order valence-corrected chi connectivity index (χ0v) is 12.2. The number of rotatable bonds is 2. The second kappa shape index (κ2) is 5.38. The number of ether oxygens (including phenoxy) is 2. The summed E-state index contributed by atoms with van der Waals surface area (Å²) in [6.07, 6.45) is -4.95. The lowest BCUT2D eigenvalue weighted by Crippen LogP contribution is -2.39. The van der Waals surface area contributed by atoms with Crippen LogP contribution in [0.3, 0.4) is 0 Å². The van der Waals surface area contributed by atoms with E-state index in [1.165, 1.54) is 20.8 Å². The molecule has 1 aromatic heterocycles. The number of aromatic nitrogens is 2. The van der Waals surface area contributed by atoms with Gasteiger partial charge in [-0.3, -0.25) is 4.79 Å². The zero-order valence-electron chi connectivity index (χ0n) is 12.2. The van der Waals surface area contributed by atoms with Gasteiger partial charge in [-0.15, -0.1) is 0 Å². The first-order chi connectivity index (χ1) is 9.45. The Kier molecular flexibility index (Phi) is 4.35. The van der Waals surface area contributed by atoms with Crippen molar-refractivity contribution in [1.82, 2.24) is 9.78 Å². The molecule has 1 heterocycles. The van der Waals surface area contributed by atoms with Crippen molar-refractivity contribution in [3.63, 3.8) is 0 Å². The summed E-state index contributed by atoms with van der Waals surface area (Å²) in [5.74, 6) is -2.09. The van der Waals surface area contributed by atoms with Crippen LogP contribution in [0.4, 0.5) is 13.2 Å². The monoisotopic (exact) mass is 308 g/mol. The molecule has 118 valence electrons. The fourth-order valence-corrected chi connectivity index (χ4v) is 1.64. The van der Waals surface area contributed by atoms with Gasteiger partial charge < -0.3 is 9.47 Å². The Morgan fingerprint density at radius 2 is 1.71 bits per heavy atom. The molecule has 0 amide bonds. The predicted octanol–water partition coefficient (Wildman–Crippen LogP) is 1.81. The quantitative estimate of drug-likeness (QED) is 0.779. The first-order valence-electron chi connectivity index (χ1n) is 5.82. The van der Waals surface area contributed by atoms with Crippen LogP contribution >= 0.6 is 0 Å². The SMILES string of the molecule is COC(=O)c1c(C(F)(F)F)nn(C(C)(C)C)c(=O)c1OC. The van der Waals surface area contributed by atoms with Gasteiger partial charge in [0.25, 0.3) is 0 Å². The average molecular weight is 308 g/mol. The van der Waals surface area contributed by atoms with E-state index in [1.807, 2.05) is 0 Å². The van der Waals surface area contributed by atoms with Crippen molar-refractivity contribution >= 4 is 5.97 Å². The summed E-state index contributed by atoms with van der Waals surface area (Å²) in [6.45, 7) is 4.50. The standard InChI is InChI=1S/C12H15F3N2O4/c1-11(2,3)17-9(18)7(20-4)6(10(19)21-5)8(16-17)12(13,14)15/h1-5H3. The molecule has 0 unspecified atom stereocenters. The van der Waals surface area contributed by atoms with E-state index >= 15 is 0 Å². The highest BCUT2D eigenvalue weighted by Gasteiger charge is 2.42. The average Bonchev–Trinajstić information content (AvgIpc) is 2.34. The molecule has 0 N–H and O–H groups in total. The van der Waals surface area contributed by atoms with Crippen LogP contribution in [0.1, 0.15) is 36.8 Å². The van der Waals surface area contributed by atoms with Crippen LogP contribution in [0.15, 0.2) is 4.79 Å². The maximum absolute atomic E-state index is 13.1. The molecule has 0 saturated carbocycles. The van der Waals surface area contributed by atoms with Gasteiger partial charge in [-0.2, -0.15) is 18.3 Å². The highest BCUT2D eigenvalue weighted by Crippen LogP contribution is 2.33. The lowest BCUT2D eigenvalue weighted by Gasteiger charge is -2.24. The molecule has 0 saturated heterocycles. The maximum Gasteiger partial charge on any atom is 0.436 e. The third-order valence-corrected chi connectivity index (χ3v) is 2.55. The van der Waals surface area contributed by atoms with Crippen molar-refractivity contribution in [3.8, 4) is 5.75 Å². The molecular weight excluding hydrogens is 293 g/mol. The minimum absolute atomic E-state index is 0.626. The van der Waals surface area contributed by atoms with Gasteiger partial charge in [0.1, 0.15) is 5.56 Å². The number of halogens is 3. The van der Waals surface area contributed by atoms with E-state index in [2.05, 4.69) is 9.84 Å². The summed E-state index contributed by atoms with van der Waals surface area (Å²) >= 11 is 0. The van der Waals surface area contributed by atoms with Crippen molar-refractivity contribution < 1.29 is 27.4 Å². The Hall–Kier alpha value is -2.06. The number of hydrogen-bond acceptors (Lipinski definition) is 5. The summed E-state index contributed by atoms with van der Waals surface area (Å²) in [4.78, 5) is 23.8. The van der Waals surface area contributed by atoms with Crippen LogP contribution in [-0.2, 0) is 16.5 Å². The molecule has 0 radical (unpaired) electrons. The fraction of sp³-hybridized carbons (Fsp3) is 0.583. The number of alkyl halides is 3. The smallest absolute Gasteiger partial charge is 0.436 e. The van der Waals surface area contributed by atoms with Crippen molar-refractivity contribution in [3.05, 3.63) is 21.6 Å². The molecule has 1 rings (SSSR count). The zero-order chi connectivity index (χ0) is 16.6. The number of methoxy groups -OCH3 is 2. The number of nitrogens with zero attached hydrogens (tertiary/aromatic N) is 2. The molecule has 0 aromatic carbocycles. The third-order valence-electron chi connectivity index (χ3n) is 2.55. The second-order valence-electron chi connectivity index (χ2n) is 5.13. The molecule has 0 atom stereocenters. The minimum atomic E-state index is -4.95. The topological polar surface area (TPSA) is 70.4 Å². The van der Waals surface area contributed by atoms with Crippen LogP contribution in [0.2, 0.25) is 0 Å².